The predicted octanol–water partition coefficient (Wildman–Crippen LogP) is 5.71. The van der Waals surface area contributed by atoms with Crippen LogP contribution in [0.15, 0.2) is 96.1 Å². The number of nitro benzene ring substituents is 1. The number of nitrogens with one attached hydrogen (secondary N) is 1. The highest BCUT2D eigenvalue weighted by Gasteiger charge is 2.07. The maximum absolute atomic E-state index is 12.0. The van der Waals surface area contributed by atoms with Gasteiger partial charge in [0.1, 0.15) is 12.4 Å². The number of non-ortho nitro benzene ring substituents is 1. The molecule has 1 N–H and O–H groups in total. The lowest BCUT2D eigenvalue weighted by atomic mass is 10.1. The van der Waals surface area contributed by atoms with Crippen LogP contribution < -0.4 is 10.2 Å². The van der Waals surface area contributed by atoms with E-state index in [1.807, 2.05) is 42.5 Å². The Labute approximate surface area is 207 Å². The van der Waals surface area contributed by atoms with Crippen LogP contribution >= 0.6 is 11.8 Å². The number of carbonyl (C=O) groups is 1. The highest BCUT2D eigenvalue weighted by atomic mass is 32.2. The lowest BCUT2D eigenvalue weighted by Crippen LogP contribution is -2.19. The third-order valence-electron chi connectivity index (χ3n) is 5.18. The maximum Gasteiger partial charge on any atom is 0.269 e. The number of hydrogen-bond donors (Lipinski definition) is 1. The number of nitro groups is 1. The molecule has 0 aliphatic rings. The number of nitrogens with zero attached hydrogens (tertiary/aromatic N) is 2. The lowest BCUT2D eigenvalue weighted by molar-refractivity contribution is -0.384. The molecule has 0 aliphatic heterocycles. The van der Waals surface area contributed by atoms with Crippen molar-refractivity contribution in [3.63, 3.8) is 0 Å². The molecule has 0 aromatic heterocycles. The van der Waals surface area contributed by atoms with E-state index in [0.717, 1.165) is 22.4 Å². The minimum atomic E-state index is -0.431. The molecule has 4 aromatic rings. The van der Waals surface area contributed by atoms with E-state index < -0.39 is 4.92 Å². The summed E-state index contributed by atoms with van der Waals surface area (Å²) in [6.45, 7) is 0.471. The molecule has 35 heavy (non-hydrogen) atoms. The molecule has 0 fully saturated rings. The van der Waals surface area contributed by atoms with E-state index in [2.05, 4.69) is 34.8 Å². The second kappa shape index (κ2) is 11.8. The van der Waals surface area contributed by atoms with Gasteiger partial charge in [0.15, 0.2) is 0 Å². The summed E-state index contributed by atoms with van der Waals surface area (Å²) >= 11 is 1.36. The standard InChI is InChI=1S/C27H23N3O4S/c31-27(19-35-18-21-5-3-9-24(15-21)30(32)33)29-28-16-20-11-13-25(14-12-20)34-17-23-8-4-7-22-6-1-2-10-26(22)23/h1-16H,17-19H2,(H,29,31)/b28-16-. The molecule has 0 saturated heterocycles. The van der Waals surface area contributed by atoms with Crippen LogP contribution in [0, 0.1) is 10.1 Å². The molecule has 0 saturated carbocycles. The lowest BCUT2D eigenvalue weighted by Gasteiger charge is -2.09. The molecule has 0 bridgehead atoms. The van der Waals surface area contributed by atoms with Gasteiger partial charge in [0.05, 0.1) is 16.9 Å². The summed E-state index contributed by atoms with van der Waals surface area (Å²) in [5.74, 6) is 1.20. The molecule has 0 atom stereocenters. The van der Waals surface area contributed by atoms with Crippen molar-refractivity contribution in [3.8, 4) is 5.75 Å². The van der Waals surface area contributed by atoms with Crippen LogP contribution in [0.3, 0.4) is 0 Å². The van der Waals surface area contributed by atoms with Gasteiger partial charge in [-0.3, -0.25) is 14.9 Å². The SMILES string of the molecule is O=C(CSCc1cccc([N+](=O)[O-])c1)N/N=C\c1ccc(OCc2cccc3ccccc23)cc1. The fourth-order valence-corrected chi connectivity index (χ4v) is 4.23. The average molecular weight is 486 g/mol. The summed E-state index contributed by atoms with van der Waals surface area (Å²) in [4.78, 5) is 22.4. The Kier molecular flexibility index (Phi) is 8.08. The molecule has 0 aliphatic carbocycles. The number of carbonyl (C=O) groups excluding carboxylic acids is 1. The summed E-state index contributed by atoms with van der Waals surface area (Å²) in [6, 6.07) is 28.3. The van der Waals surface area contributed by atoms with Crippen LogP contribution in [0.1, 0.15) is 16.7 Å². The van der Waals surface area contributed by atoms with E-state index in [1.54, 1.807) is 18.3 Å². The number of amides is 1. The summed E-state index contributed by atoms with van der Waals surface area (Å²) in [5.41, 5.74) is 5.28. The molecule has 1 amide bonds. The number of thioether (sulfide) groups is 1. The Morgan fingerprint density at radius 2 is 1.77 bits per heavy atom. The van der Waals surface area contributed by atoms with Crippen LogP contribution in [0.25, 0.3) is 10.8 Å². The van der Waals surface area contributed by atoms with Crippen LogP contribution in [0.5, 0.6) is 5.75 Å². The topological polar surface area (TPSA) is 93.8 Å². The van der Waals surface area contributed by atoms with E-state index in [1.165, 1.54) is 34.7 Å². The first-order valence-corrected chi connectivity index (χ1v) is 12.1. The fraction of sp³-hybridized carbons (Fsp3) is 0.111. The van der Waals surface area contributed by atoms with Crippen LogP contribution in [0.2, 0.25) is 0 Å². The molecule has 0 unspecified atom stereocenters. The molecule has 4 aromatic carbocycles. The van der Waals surface area contributed by atoms with Gasteiger partial charge in [-0.25, -0.2) is 5.43 Å². The first kappa shape index (κ1) is 24.0. The highest BCUT2D eigenvalue weighted by molar-refractivity contribution is 7.99. The molecular formula is C27H23N3O4S. The minimum absolute atomic E-state index is 0.0436. The molecule has 4 rings (SSSR count). The zero-order chi connectivity index (χ0) is 24.5. The van der Waals surface area contributed by atoms with Crippen LogP contribution in [0.4, 0.5) is 5.69 Å². The average Bonchev–Trinajstić information content (AvgIpc) is 2.88. The van der Waals surface area contributed by atoms with Crippen molar-refractivity contribution < 1.29 is 14.5 Å². The summed E-state index contributed by atoms with van der Waals surface area (Å²) in [5, 5.41) is 17.2. The van der Waals surface area contributed by atoms with E-state index in [0.29, 0.717) is 12.4 Å². The normalized spacial score (nSPS) is 11.0. The number of ether oxygens (including phenoxy) is 1. The van der Waals surface area contributed by atoms with Gasteiger partial charge in [0.2, 0.25) is 5.91 Å². The Morgan fingerprint density at radius 1 is 1.00 bits per heavy atom. The van der Waals surface area contributed by atoms with Gasteiger partial charge in [0, 0.05) is 17.9 Å². The Hall–Kier alpha value is -4.17. The van der Waals surface area contributed by atoms with E-state index in [4.69, 9.17) is 4.74 Å². The van der Waals surface area contributed by atoms with Crippen molar-refractivity contribution in [2.45, 2.75) is 12.4 Å². The van der Waals surface area contributed by atoms with Gasteiger partial charge in [-0.15, -0.1) is 11.8 Å². The van der Waals surface area contributed by atoms with Crippen LogP contribution in [-0.4, -0.2) is 22.8 Å². The van der Waals surface area contributed by atoms with Crippen molar-refractivity contribution in [1.82, 2.24) is 5.43 Å². The monoisotopic (exact) mass is 485 g/mol. The zero-order valence-electron chi connectivity index (χ0n) is 18.8. The smallest absolute Gasteiger partial charge is 0.269 e. The van der Waals surface area contributed by atoms with Crippen molar-refractivity contribution in [2.24, 2.45) is 5.10 Å². The molecule has 176 valence electrons. The Morgan fingerprint density at radius 3 is 2.60 bits per heavy atom. The van der Waals surface area contributed by atoms with Gasteiger partial charge in [-0.05, 0) is 51.7 Å². The van der Waals surface area contributed by atoms with Crippen molar-refractivity contribution in [2.75, 3.05) is 5.75 Å². The first-order chi connectivity index (χ1) is 17.1. The van der Waals surface area contributed by atoms with Crippen molar-refractivity contribution in [3.05, 3.63) is 118 Å². The summed E-state index contributed by atoms with van der Waals surface area (Å²) in [7, 11) is 0. The maximum atomic E-state index is 12.0. The van der Waals surface area contributed by atoms with Gasteiger partial charge < -0.3 is 4.74 Å². The van der Waals surface area contributed by atoms with Gasteiger partial charge >= 0.3 is 0 Å². The second-order valence-electron chi connectivity index (χ2n) is 7.71. The van der Waals surface area contributed by atoms with Crippen molar-refractivity contribution >= 4 is 40.3 Å². The molecule has 0 radical (unpaired) electrons. The van der Waals surface area contributed by atoms with Gasteiger partial charge in [-0.2, -0.15) is 5.10 Å². The quantitative estimate of drug-likeness (QED) is 0.176. The third-order valence-corrected chi connectivity index (χ3v) is 6.18. The summed E-state index contributed by atoms with van der Waals surface area (Å²) in [6.07, 6.45) is 1.57. The van der Waals surface area contributed by atoms with E-state index in [9.17, 15) is 14.9 Å². The number of benzene rings is 4. The van der Waals surface area contributed by atoms with Gasteiger partial charge in [-0.1, -0.05) is 54.6 Å². The fourth-order valence-electron chi connectivity index (χ4n) is 3.46. The predicted molar refractivity (Wildman–Crippen MR) is 140 cm³/mol. The highest BCUT2D eigenvalue weighted by Crippen LogP contribution is 2.21. The van der Waals surface area contributed by atoms with Crippen LogP contribution in [-0.2, 0) is 17.2 Å². The van der Waals surface area contributed by atoms with Crippen molar-refractivity contribution in [1.29, 1.82) is 0 Å². The summed E-state index contributed by atoms with van der Waals surface area (Å²) < 4.78 is 5.94. The molecule has 0 heterocycles. The molecule has 7 nitrogen and oxygen atoms in total. The second-order valence-corrected chi connectivity index (χ2v) is 8.69. The van der Waals surface area contributed by atoms with E-state index in [-0.39, 0.29) is 17.3 Å². The number of fused-ring (bicyclic) bond motifs is 1. The number of hydrazone groups is 1. The first-order valence-electron chi connectivity index (χ1n) is 10.9. The van der Waals surface area contributed by atoms with E-state index >= 15 is 0 Å². The number of hydrogen-bond acceptors (Lipinski definition) is 6. The minimum Gasteiger partial charge on any atom is -0.489 e. The largest absolute Gasteiger partial charge is 0.489 e. The third kappa shape index (κ3) is 6.91. The number of rotatable bonds is 10. The molecule has 8 heteroatoms. The van der Waals surface area contributed by atoms with Gasteiger partial charge in [0.25, 0.3) is 5.69 Å². The Bertz CT molecular complexity index is 1350. The zero-order valence-corrected chi connectivity index (χ0v) is 19.6. The molecule has 0 spiro atoms. The molecular weight excluding hydrogens is 462 g/mol. The Balaban J connectivity index is 1.21.